The largest absolute Gasteiger partial charge is 0.345 e. The molecule has 7 heteroatoms. The van der Waals surface area contributed by atoms with Gasteiger partial charge in [-0.15, -0.1) is 0 Å². The Morgan fingerprint density at radius 2 is 1.72 bits per heavy atom. The molecule has 3 aromatic carbocycles. The number of fused-ring (bicyclic) bond motifs is 1. The lowest BCUT2D eigenvalue weighted by molar-refractivity contribution is -0.384. The summed E-state index contributed by atoms with van der Waals surface area (Å²) in [5.41, 5.74) is 3.90. The van der Waals surface area contributed by atoms with Gasteiger partial charge in [-0.1, -0.05) is 42.5 Å². The van der Waals surface area contributed by atoms with Crippen LogP contribution in [0.25, 0.3) is 17.1 Å². The second-order valence-electron chi connectivity index (χ2n) is 7.30. The minimum atomic E-state index is -0.454. The zero-order chi connectivity index (χ0) is 22.3. The predicted octanol–water partition coefficient (Wildman–Crippen LogP) is 4.52. The summed E-state index contributed by atoms with van der Waals surface area (Å²) >= 11 is 0. The van der Waals surface area contributed by atoms with E-state index in [9.17, 15) is 14.9 Å². The topological polar surface area (TPSA) is 90.1 Å². The third kappa shape index (κ3) is 5.07. The molecule has 0 unspecified atom stereocenters. The zero-order valence-corrected chi connectivity index (χ0v) is 17.3. The maximum atomic E-state index is 12.3. The Bertz CT molecular complexity index is 1260. The Labute approximate surface area is 185 Å². The van der Waals surface area contributed by atoms with Gasteiger partial charge in [0, 0.05) is 24.8 Å². The first-order valence-corrected chi connectivity index (χ1v) is 10.3. The van der Waals surface area contributed by atoms with Crippen molar-refractivity contribution in [2.45, 2.75) is 19.5 Å². The Kier molecular flexibility index (Phi) is 6.36. The van der Waals surface area contributed by atoms with Crippen molar-refractivity contribution in [1.29, 1.82) is 0 Å². The average Bonchev–Trinajstić information content (AvgIpc) is 3.18. The molecule has 1 N–H and O–H groups in total. The van der Waals surface area contributed by atoms with Gasteiger partial charge in [-0.25, -0.2) is 4.98 Å². The molecular weight excluding hydrogens is 404 g/mol. The molecular formula is C25H22N4O3. The summed E-state index contributed by atoms with van der Waals surface area (Å²) in [6, 6.07) is 24.2. The number of carbonyl (C=O) groups is 1. The van der Waals surface area contributed by atoms with Crippen LogP contribution in [0.4, 0.5) is 5.69 Å². The minimum absolute atomic E-state index is 0.0148. The van der Waals surface area contributed by atoms with Gasteiger partial charge < -0.3 is 9.88 Å². The monoisotopic (exact) mass is 426 g/mol. The fourth-order valence-electron chi connectivity index (χ4n) is 3.50. The normalized spacial score (nSPS) is 11.1. The number of non-ortho nitro benzene ring substituents is 1. The van der Waals surface area contributed by atoms with Gasteiger partial charge in [0.25, 0.3) is 5.69 Å². The van der Waals surface area contributed by atoms with E-state index in [1.165, 1.54) is 23.8 Å². The van der Waals surface area contributed by atoms with Crippen LogP contribution in [0.3, 0.4) is 0 Å². The van der Waals surface area contributed by atoms with E-state index in [0.717, 1.165) is 29.8 Å². The summed E-state index contributed by atoms with van der Waals surface area (Å²) in [5, 5.41) is 13.6. The predicted molar refractivity (Wildman–Crippen MR) is 124 cm³/mol. The molecule has 1 aromatic heterocycles. The van der Waals surface area contributed by atoms with Crippen molar-refractivity contribution in [2.75, 3.05) is 0 Å². The molecule has 0 atom stereocenters. The second-order valence-corrected chi connectivity index (χ2v) is 7.30. The van der Waals surface area contributed by atoms with E-state index in [4.69, 9.17) is 4.98 Å². The molecule has 0 saturated heterocycles. The van der Waals surface area contributed by atoms with Crippen LogP contribution in [0.2, 0.25) is 0 Å². The number of amides is 1. The van der Waals surface area contributed by atoms with Crippen molar-refractivity contribution in [3.05, 3.63) is 112 Å². The molecule has 160 valence electrons. The molecule has 1 amide bonds. The van der Waals surface area contributed by atoms with Crippen LogP contribution in [0.5, 0.6) is 0 Å². The first kappa shape index (κ1) is 21.0. The summed E-state index contributed by atoms with van der Waals surface area (Å²) < 4.78 is 2.14. The first-order chi connectivity index (χ1) is 15.6. The number of hydrogen-bond donors (Lipinski definition) is 1. The van der Waals surface area contributed by atoms with Crippen molar-refractivity contribution in [2.24, 2.45) is 0 Å². The van der Waals surface area contributed by atoms with Gasteiger partial charge >= 0.3 is 0 Å². The molecule has 0 radical (unpaired) electrons. The Balaban J connectivity index is 1.44. The molecule has 0 bridgehead atoms. The smallest absolute Gasteiger partial charge is 0.269 e. The standard InChI is InChI=1S/C25H22N4O3/c30-25(15-12-20-10-13-21(14-11-20)29(31)32)26-18-24-27-22-8-4-5-9-23(22)28(24)17-16-19-6-2-1-3-7-19/h1-15H,16-18H2,(H,26,30)/b15-12+. The molecule has 0 fully saturated rings. The molecule has 0 aliphatic rings. The number of imidazole rings is 1. The fourth-order valence-corrected chi connectivity index (χ4v) is 3.50. The van der Waals surface area contributed by atoms with E-state index < -0.39 is 4.92 Å². The van der Waals surface area contributed by atoms with Crippen molar-refractivity contribution >= 4 is 28.7 Å². The number of rotatable bonds is 8. The molecule has 4 rings (SSSR count). The molecule has 0 saturated carbocycles. The lowest BCUT2D eigenvalue weighted by Gasteiger charge is -2.10. The molecule has 0 aliphatic heterocycles. The van der Waals surface area contributed by atoms with Gasteiger partial charge in [0.1, 0.15) is 5.82 Å². The quantitative estimate of drug-likeness (QED) is 0.255. The van der Waals surface area contributed by atoms with Crippen molar-refractivity contribution in [3.63, 3.8) is 0 Å². The summed E-state index contributed by atoms with van der Waals surface area (Å²) in [4.78, 5) is 27.3. The van der Waals surface area contributed by atoms with E-state index in [1.807, 2.05) is 42.5 Å². The van der Waals surface area contributed by atoms with Crippen LogP contribution < -0.4 is 5.32 Å². The molecule has 0 spiro atoms. The Hall–Kier alpha value is -4.26. The number of hydrogen-bond acceptors (Lipinski definition) is 4. The van der Waals surface area contributed by atoms with E-state index in [-0.39, 0.29) is 11.6 Å². The van der Waals surface area contributed by atoms with Crippen LogP contribution in [0.1, 0.15) is 17.0 Å². The number of benzene rings is 3. The SMILES string of the molecule is O=C(/C=C/c1ccc([N+](=O)[O-])cc1)NCc1nc2ccccc2n1CCc1ccccc1. The highest BCUT2D eigenvalue weighted by Crippen LogP contribution is 2.17. The van der Waals surface area contributed by atoms with Crippen molar-refractivity contribution < 1.29 is 9.72 Å². The summed E-state index contributed by atoms with van der Waals surface area (Å²) in [6.45, 7) is 1.06. The molecule has 0 aliphatic carbocycles. The number of nitrogens with zero attached hydrogens (tertiary/aromatic N) is 3. The zero-order valence-electron chi connectivity index (χ0n) is 17.3. The number of nitrogens with one attached hydrogen (secondary N) is 1. The van der Waals surface area contributed by atoms with Gasteiger partial charge in [-0.05, 0) is 47.9 Å². The summed E-state index contributed by atoms with van der Waals surface area (Å²) in [7, 11) is 0. The lowest BCUT2D eigenvalue weighted by Crippen LogP contribution is -2.23. The van der Waals surface area contributed by atoms with Gasteiger partial charge in [0.2, 0.25) is 5.91 Å². The highest BCUT2D eigenvalue weighted by molar-refractivity contribution is 5.91. The number of nitro groups is 1. The van der Waals surface area contributed by atoms with Crippen LogP contribution in [0.15, 0.2) is 84.9 Å². The van der Waals surface area contributed by atoms with E-state index in [1.54, 1.807) is 18.2 Å². The third-order valence-electron chi connectivity index (χ3n) is 5.15. The van der Waals surface area contributed by atoms with E-state index in [0.29, 0.717) is 12.1 Å². The summed E-state index contributed by atoms with van der Waals surface area (Å²) in [6.07, 6.45) is 3.90. The number of para-hydroxylation sites is 2. The van der Waals surface area contributed by atoms with Gasteiger partial charge in [-0.3, -0.25) is 14.9 Å². The number of aromatic nitrogens is 2. The van der Waals surface area contributed by atoms with Gasteiger partial charge in [0.05, 0.1) is 22.5 Å². The highest BCUT2D eigenvalue weighted by Gasteiger charge is 2.11. The molecule has 4 aromatic rings. The fraction of sp³-hybridized carbons (Fsp3) is 0.120. The number of nitro benzene ring substituents is 1. The lowest BCUT2D eigenvalue weighted by atomic mass is 10.1. The first-order valence-electron chi connectivity index (χ1n) is 10.3. The second kappa shape index (κ2) is 9.70. The summed E-state index contributed by atoms with van der Waals surface area (Å²) in [5.74, 6) is 0.532. The van der Waals surface area contributed by atoms with Gasteiger partial charge in [0.15, 0.2) is 0 Å². The number of carbonyl (C=O) groups excluding carboxylic acids is 1. The van der Waals surface area contributed by atoms with Gasteiger partial charge in [-0.2, -0.15) is 0 Å². The van der Waals surface area contributed by atoms with Crippen LogP contribution in [0, 0.1) is 10.1 Å². The van der Waals surface area contributed by atoms with Crippen LogP contribution in [-0.2, 0) is 24.3 Å². The Morgan fingerprint density at radius 1 is 1.00 bits per heavy atom. The third-order valence-corrected chi connectivity index (χ3v) is 5.15. The molecule has 32 heavy (non-hydrogen) atoms. The van der Waals surface area contributed by atoms with Crippen molar-refractivity contribution in [1.82, 2.24) is 14.9 Å². The Morgan fingerprint density at radius 3 is 2.47 bits per heavy atom. The average molecular weight is 426 g/mol. The maximum Gasteiger partial charge on any atom is 0.269 e. The molecule has 7 nitrogen and oxygen atoms in total. The van der Waals surface area contributed by atoms with E-state index in [2.05, 4.69) is 22.0 Å². The maximum absolute atomic E-state index is 12.3. The molecule has 1 heterocycles. The minimum Gasteiger partial charge on any atom is -0.345 e. The van der Waals surface area contributed by atoms with Crippen LogP contribution in [-0.4, -0.2) is 20.4 Å². The van der Waals surface area contributed by atoms with E-state index >= 15 is 0 Å². The van der Waals surface area contributed by atoms with Crippen LogP contribution >= 0.6 is 0 Å². The number of aryl methyl sites for hydroxylation is 2. The van der Waals surface area contributed by atoms with Crippen molar-refractivity contribution in [3.8, 4) is 0 Å². The highest BCUT2D eigenvalue weighted by atomic mass is 16.6.